The number of fused-ring (bicyclic) bond motifs is 1. The van der Waals surface area contributed by atoms with E-state index in [0.29, 0.717) is 18.3 Å². The standard InChI is InChI=1S/C13H14O/c1-10-6-7-11-4-2-3-5-13(11)12(10)8-9-14/h2-7,9-10,12H,8H2,1H3/t10-,12+/m1/s1. The second kappa shape index (κ2) is 3.79. The molecule has 72 valence electrons. The van der Waals surface area contributed by atoms with Crippen LogP contribution in [-0.4, -0.2) is 6.29 Å². The molecule has 0 heterocycles. The van der Waals surface area contributed by atoms with Crippen molar-refractivity contribution >= 4 is 12.4 Å². The first-order valence-corrected chi connectivity index (χ1v) is 5.03. The van der Waals surface area contributed by atoms with E-state index in [0.717, 1.165) is 6.29 Å². The molecule has 1 aliphatic rings. The van der Waals surface area contributed by atoms with Gasteiger partial charge in [0.05, 0.1) is 0 Å². The topological polar surface area (TPSA) is 17.1 Å². The molecule has 0 radical (unpaired) electrons. The van der Waals surface area contributed by atoms with Crippen molar-refractivity contribution in [1.82, 2.24) is 0 Å². The minimum Gasteiger partial charge on any atom is -0.303 e. The summed E-state index contributed by atoms with van der Waals surface area (Å²) in [5.41, 5.74) is 2.58. The van der Waals surface area contributed by atoms with Crippen LogP contribution in [0.25, 0.3) is 6.08 Å². The highest BCUT2D eigenvalue weighted by molar-refractivity contribution is 5.61. The summed E-state index contributed by atoms with van der Waals surface area (Å²) in [6, 6.07) is 8.32. The van der Waals surface area contributed by atoms with Gasteiger partial charge in [-0.15, -0.1) is 0 Å². The van der Waals surface area contributed by atoms with E-state index in [-0.39, 0.29) is 0 Å². The molecule has 0 fully saturated rings. The average molecular weight is 186 g/mol. The Bertz CT molecular complexity index is 365. The molecule has 1 aromatic carbocycles. The van der Waals surface area contributed by atoms with E-state index in [9.17, 15) is 4.79 Å². The van der Waals surface area contributed by atoms with Gasteiger partial charge >= 0.3 is 0 Å². The van der Waals surface area contributed by atoms with Gasteiger partial charge in [-0.05, 0) is 23.0 Å². The molecule has 1 nitrogen and oxygen atoms in total. The van der Waals surface area contributed by atoms with Crippen LogP contribution in [0.3, 0.4) is 0 Å². The van der Waals surface area contributed by atoms with Crippen molar-refractivity contribution in [3.63, 3.8) is 0 Å². The molecule has 14 heavy (non-hydrogen) atoms. The third-order valence-corrected chi connectivity index (χ3v) is 2.96. The van der Waals surface area contributed by atoms with Crippen LogP contribution in [0.2, 0.25) is 0 Å². The molecule has 0 aromatic heterocycles. The second-order valence-electron chi connectivity index (χ2n) is 3.86. The number of hydrogen-bond donors (Lipinski definition) is 0. The van der Waals surface area contributed by atoms with Crippen LogP contribution in [0, 0.1) is 5.92 Å². The van der Waals surface area contributed by atoms with Gasteiger partial charge in [-0.2, -0.15) is 0 Å². The van der Waals surface area contributed by atoms with Crippen LogP contribution in [0.4, 0.5) is 0 Å². The summed E-state index contributed by atoms with van der Waals surface area (Å²) in [6.45, 7) is 2.17. The van der Waals surface area contributed by atoms with Gasteiger partial charge in [-0.25, -0.2) is 0 Å². The molecule has 0 saturated carbocycles. The lowest BCUT2D eigenvalue weighted by molar-refractivity contribution is -0.108. The Morgan fingerprint density at radius 2 is 2.14 bits per heavy atom. The van der Waals surface area contributed by atoms with Crippen molar-refractivity contribution in [2.75, 3.05) is 0 Å². The summed E-state index contributed by atoms with van der Waals surface area (Å²) >= 11 is 0. The van der Waals surface area contributed by atoms with E-state index in [4.69, 9.17) is 0 Å². The van der Waals surface area contributed by atoms with Crippen molar-refractivity contribution in [2.24, 2.45) is 5.92 Å². The van der Waals surface area contributed by atoms with Crippen molar-refractivity contribution in [2.45, 2.75) is 19.3 Å². The predicted molar refractivity (Wildman–Crippen MR) is 58.1 cm³/mol. The van der Waals surface area contributed by atoms with E-state index in [1.165, 1.54) is 11.1 Å². The van der Waals surface area contributed by atoms with E-state index in [1.54, 1.807) is 0 Å². The van der Waals surface area contributed by atoms with Gasteiger partial charge in [0.25, 0.3) is 0 Å². The Morgan fingerprint density at radius 3 is 2.93 bits per heavy atom. The van der Waals surface area contributed by atoms with Gasteiger partial charge < -0.3 is 4.79 Å². The summed E-state index contributed by atoms with van der Waals surface area (Å²) in [6.07, 6.45) is 6.00. The number of benzene rings is 1. The molecular formula is C13H14O. The highest BCUT2D eigenvalue weighted by Gasteiger charge is 2.21. The number of carbonyl (C=O) groups is 1. The largest absolute Gasteiger partial charge is 0.303 e. The Labute approximate surface area is 84.5 Å². The maximum atomic E-state index is 10.6. The van der Waals surface area contributed by atoms with Crippen LogP contribution in [0.5, 0.6) is 0 Å². The zero-order valence-corrected chi connectivity index (χ0v) is 8.31. The molecular weight excluding hydrogens is 172 g/mol. The molecule has 0 aliphatic heterocycles. The third kappa shape index (κ3) is 1.50. The van der Waals surface area contributed by atoms with Gasteiger partial charge in [0, 0.05) is 6.42 Å². The minimum absolute atomic E-state index is 0.369. The number of allylic oxidation sites excluding steroid dienone is 1. The first kappa shape index (κ1) is 9.20. The summed E-state index contributed by atoms with van der Waals surface area (Å²) in [4.78, 5) is 10.6. The highest BCUT2D eigenvalue weighted by atomic mass is 16.1. The van der Waals surface area contributed by atoms with Crippen LogP contribution >= 0.6 is 0 Å². The first-order chi connectivity index (χ1) is 6.83. The van der Waals surface area contributed by atoms with Crippen LogP contribution in [0.1, 0.15) is 30.4 Å². The summed E-state index contributed by atoms with van der Waals surface area (Å²) < 4.78 is 0. The van der Waals surface area contributed by atoms with E-state index in [2.05, 4.69) is 31.2 Å². The van der Waals surface area contributed by atoms with Crippen LogP contribution in [-0.2, 0) is 4.79 Å². The van der Waals surface area contributed by atoms with Gasteiger partial charge in [-0.1, -0.05) is 43.3 Å². The lowest BCUT2D eigenvalue weighted by atomic mass is 9.79. The molecule has 1 aliphatic carbocycles. The lowest BCUT2D eigenvalue weighted by Gasteiger charge is -2.25. The van der Waals surface area contributed by atoms with E-state index >= 15 is 0 Å². The molecule has 0 saturated heterocycles. The number of rotatable bonds is 2. The average Bonchev–Trinajstić information content (AvgIpc) is 2.23. The Kier molecular flexibility index (Phi) is 2.49. The van der Waals surface area contributed by atoms with Gasteiger partial charge in [0.2, 0.25) is 0 Å². The number of carbonyl (C=O) groups excluding carboxylic acids is 1. The Morgan fingerprint density at radius 1 is 1.36 bits per heavy atom. The van der Waals surface area contributed by atoms with Crippen LogP contribution in [0.15, 0.2) is 30.3 Å². The Hall–Kier alpha value is -1.37. The summed E-state index contributed by atoms with van der Waals surface area (Å²) in [7, 11) is 0. The van der Waals surface area contributed by atoms with Crippen molar-refractivity contribution in [3.05, 3.63) is 41.5 Å². The molecule has 1 aromatic rings. The number of hydrogen-bond acceptors (Lipinski definition) is 1. The predicted octanol–water partition coefficient (Wildman–Crippen LogP) is 3.02. The SMILES string of the molecule is C[C@@H]1C=Cc2ccccc2[C@H]1CC=O. The first-order valence-electron chi connectivity index (χ1n) is 5.03. The zero-order valence-electron chi connectivity index (χ0n) is 8.31. The van der Waals surface area contributed by atoms with Crippen molar-refractivity contribution in [3.8, 4) is 0 Å². The normalized spacial score (nSPS) is 24.4. The smallest absolute Gasteiger partial charge is 0.120 e. The maximum absolute atomic E-state index is 10.6. The van der Waals surface area contributed by atoms with Crippen molar-refractivity contribution in [1.29, 1.82) is 0 Å². The molecule has 0 spiro atoms. The zero-order chi connectivity index (χ0) is 9.97. The fourth-order valence-electron chi connectivity index (χ4n) is 2.12. The molecule has 0 bridgehead atoms. The van der Waals surface area contributed by atoms with Crippen molar-refractivity contribution < 1.29 is 4.79 Å². The lowest BCUT2D eigenvalue weighted by Crippen LogP contribution is -2.13. The fraction of sp³-hybridized carbons (Fsp3) is 0.308. The molecule has 0 N–H and O–H groups in total. The third-order valence-electron chi connectivity index (χ3n) is 2.96. The van der Waals surface area contributed by atoms with Crippen LogP contribution < -0.4 is 0 Å². The summed E-state index contributed by atoms with van der Waals surface area (Å²) in [5, 5.41) is 0. The molecule has 0 unspecified atom stereocenters. The highest BCUT2D eigenvalue weighted by Crippen LogP contribution is 2.35. The Balaban J connectivity index is 2.42. The monoisotopic (exact) mass is 186 g/mol. The molecule has 0 amide bonds. The summed E-state index contributed by atoms with van der Waals surface area (Å²) in [5.74, 6) is 0.837. The van der Waals surface area contributed by atoms with Gasteiger partial charge in [-0.3, -0.25) is 0 Å². The quantitative estimate of drug-likeness (QED) is 0.649. The molecule has 2 rings (SSSR count). The second-order valence-corrected chi connectivity index (χ2v) is 3.86. The fourth-order valence-corrected chi connectivity index (χ4v) is 2.12. The van der Waals surface area contributed by atoms with E-state index < -0.39 is 0 Å². The maximum Gasteiger partial charge on any atom is 0.120 e. The van der Waals surface area contributed by atoms with Gasteiger partial charge in [0.1, 0.15) is 6.29 Å². The molecule has 1 heteroatoms. The minimum atomic E-state index is 0.369. The number of aldehydes is 1. The molecule has 2 atom stereocenters. The van der Waals surface area contributed by atoms with Gasteiger partial charge in [0.15, 0.2) is 0 Å². The van der Waals surface area contributed by atoms with E-state index in [1.807, 2.05) is 12.1 Å².